The van der Waals surface area contributed by atoms with Crippen LogP contribution in [0.15, 0.2) is 164 Å². The number of pyridine rings is 1. The van der Waals surface area contributed by atoms with Gasteiger partial charge in [-0.15, -0.1) is 15.0 Å². The van der Waals surface area contributed by atoms with Gasteiger partial charge in [0.15, 0.2) is 5.54 Å². The van der Waals surface area contributed by atoms with Crippen LogP contribution in [0.1, 0.15) is 34.9 Å². The summed E-state index contributed by atoms with van der Waals surface area (Å²) in [6.07, 6.45) is 0.807. The van der Waals surface area contributed by atoms with Crippen molar-refractivity contribution in [2.24, 2.45) is 0 Å². The van der Waals surface area contributed by atoms with Gasteiger partial charge >= 0.3 is 0 Å². The number of halogens is 1. The number of ether oxygens (including phenoxy) is 1. The van der Waals surface area contributed by atoms with Gasteiger partial charge in [-0.05, 0) is 63.2 Å². The summed E-state index contributed by atoms with van der Waals surface area (Å²) in [5.41, 5.74) is 8.05. The van der Waals surface area contributed by atoms with Crippen molar-refractivity contribution in [2.75, 3.05) is 0 Å². The number of hydrogen-bond acceptors (Lipinski definition) is 5. The molecule has 8 rings (SSSR count). The maximum absolute atomic E-state index is 6.36. The molecular weight excluding hydrogens is 650 g/mol. The van der Waals surface area contributed by atoms with E-state index in [0.29, 0.717) is 17.5 Å². The van der Waals surface area contributed by atoms with Crippen molar-refractivity contribution in [1.29, 1.82) is 0 Å². The van der Waals surface area contributed by atoms with Crippen LogP contribution in [0.4, 0.5) is 0 Å². The van der Waals surface area contributed by atoms with E-state index in [0.717, 1.165) is 67.7 Å². The number of benzene rings is 6. The minimum absolute atomic E-state index is 0.420. The highest BCUT2D eigenvalue weighted by molar-refractivity contribution is 6.31. The Labute approximate surface area is 302 Å². The molecule has 0 atom stereocenters. The van der Waals surface area contributed by atoms with Crippen LogP contribution < -0.4 is 4.74 Å². The monoisotopic (exact) mass is 683 g/mol. The Hall–Kier alpha value is -6.11. The number of fused-ring (bicyclic) bond motifs is 1. The fourth-order valence-corrected chi connectivity index (χ4v) is 6.91. The summed E-state index contributed by atoms with van der Waals surface area (Å²) in [7, 11) is 0. The summed E-state index contributed by atoms with van der Waals surface area (Å²) in [4.78, 5) is 6.49. The summed E-state index contributed by atoms with van der Waals surface area (Å²) in [6, 6.07) is 55.5. The largest absolute Gasteiger partial charge is 0.488 e. The molecule has 7 heteroatoms. The molecule has 2 heterocycles. The van der Waals surface area contributed by atoms with E-state index in [2.05, 4.69) is 116 Å². The van der Waals surface area contributed by atoms with Crippen LogP contribution in [0, 0.1) is 0 Å². The molecule has 0 aliphatic carbocycles. The van der Waals surface area contributed by atoms with Crippen LogP contribution in [0.5, 0.6) is 5.75 Å². The predicted octanol–water partition coefficient (Wildman–Crippen LogP) is 10.2. The summed E-state index contributed by atoms with van der Waals surface area (Å²) in [5, 5.41) is 16.2. The Morgan fingerprint density at radius 2 is 1.24 bits per heavy atom. The highest BCUT2D eigenvalue weighted by Gasteiger charge is 2.41. The molecule has 0 N–H and O–H groups in total. The number of hydrogen-bond donors (Lipinski definition) is 0. The molecule has 6 nitrogen and oxygen atoms in total. The average Bonchev–Trinajstić information content (AvgIpc) is 3.69. The fraction of sp³-hybridized carbons (Fsp3) is 0.0909. The van der Waals surface area contributed by atoms with Gasteiger partial charge in [0.2, 0.25) is 5.82 Å². The molecule has 6 aromatic carbocycles. The molecule has 0 saturated heterocycles. The third-order valence-corrected chi connectivity index (χ3v) is 9.50. The molecule has 0 unspecified atom stereocenters. The number of aromatic nitrogens is 5. The predicted molar refractivity (Wildman–Crippen MR) is 204 cm³/mol. The van der Waals surface area contributed by atoms with Crippen LogP contribution in [-0.4, -0.2) is 25.2 Å². The third-order valence-electron chi connectivity index (χ3n) is 9.26. The highest BCUT2D eigenvalue weighted by atomic mass is 35.5. The molecule has 0 spiro atoms. The lowest BCUT2D eigenvalue weighted by atomic mass is 9.77. The van der Waals surface area contributed by atoms with Crippen molar-refractivity contribution in [1.82, 2.24) is 25.2 Å². The fourth-order valence-electron chi connectivity index (χ4n) is 6.74. The van der Waals surface area contributed by atoms with E-state index < -0.39 is 5.54 Å². The number of nitrogens with zero attached hydrogens (tertiary/aromatic N) is 5. The lowest BCUT2D eigenvalue weighted by molar-refractivity contribution is 0.309. The molecule has 0 aliphatic rings. The SMILES string of the molecule is CCc1cc(OCc2ccc(-c3ccccc3-c3nnn(C(c4ccccc4)(c4ccccc4)c4ccccc4)n3)cc2)c2ccc(Cl)cc2n1. The van der Waals surface area contributed by atoms with Gasteiger partial charge in [-0.3, -0.25) is 4.98 Å². The number of aryl methyl sites for hydroxylation is 1. The highest BCUT2D eigenvalue weighted by Crippen LogP contribution is 2.40. The maximum atomic E-state index is 6.36. The van der Waals surface area contributed by atoms with Crippen LogP contribution in [0.2, 0.25) is 5.02 Å². The quantitative estimate of drug-likeness (QED) is 0.134. The lowest BCUT2D eigenvalue weighted by Crippen LogP contribution is -2.39. The standard InChI is InChI=1S/C44H34ClN5O/c1-2-37-29-42(40-27-26-36(45)28-41(40)46-37)51-30-31-22-24-32(25-23-31)38-20-12-13-21-39(38)43-47-49-50(48-43)44(33-14-6-3-7-15-33,34-16-8-4-9-17-34)35-18-10-5-11-19-35/h3-29H,2,30H2,1H3. The van der Waals surface area contributed by atoms with Gasteiger partial charge in [0.05, 0.1) is 5.52 Å². The van der Waals surface area contributed by atoms with E-state index in [9.17, 15) is 0 Å². The maximum Gasteiger partial charge on any atom is 0.205 e. The van der Waals surface area contributed by atoms with E-state index in [-0.39, 0.29) is 0 Å². The third kappa shape index (κ3) is 6.15. The zero-order valence-corrected chi connectivity index (χ0v) is 28.8. The van der Waals surface area contributed by atoms with E-state index in [1.165, 1.54) is 0 Å². The zero-order chi connectivity index (χ0) is 34.6. The molecule has 0 fully saturated rings. The molecule has 0 radical (unpaired) electrons. The van der Waals surface area contributed by atoms with E-state index in [4.69, 9.17) is 36.7 Å². The lowest BCUT2D eigenvalue weighted by Gasteiger charge is -2.34. The first-order valence-electron chi connectivity index (χ1n) is 17.0. The molecule has 51 heavy (non-hydrogen) atoms. The topological polar surface area (TPSA) is 65.7 Å². The Bertz CT molecular complexity index is 2320. The van der Waals surface area contributed by atoms with Gasteiger partial charge in [0, 0.05) is 27.7 Å². The van der Waals surface area contributed by atoms with Crippen LogP contribution >= 0.6 is 11.6 Å². The Morgan fingerprint density at radius 3 is 1.84 bits per heavy atom. The summed E-state index contributed by atoms with van der Waals surface area (Å²) < 4.78 is 6.36. The molecule has 248 valence electrons. The van der Waals surface area contributed by atoms with Gasteiger partial charge in [0.25, 0.3) is 0 Å². The van der Waals surface area contributed by atoms with E-state index in [1.54, 1.807) is 4.80 Å². The van der Waals surface area contributed by atoms with Gasteiger partial charge in [0.1, 0.15) is 12.4 Å². The van der Waals surface area contributed by atoms with Crippen molar-refractivity contribution in [2.45, 2.75) is 25.5 Å². The van der Waals surface area contributed by atoms with Gasteiger partial charge in [-0.2, -0.15) is 0 Å². The second-order valence-electron chi connectivity index (χ2n) is 12.4. The molecule has 2 aromatic heterocycles. The first-order valence-corrected chi connectivity index (χ1v) is 17.4. The minimum atomic E-state index is -0.851. The molecule has 8 aromatic rings. The molecule has 0 bridgehead atoms. The van der Waals surface area contributed by atoms with E-state index >= 15 is 0 Å². The van der Waals surface area contributed by atoms with Gasteiger partial charge in [-0.25, -0.2) is 0 Å². The second kappa shape index (κ2) is 14.0. The first-order chi connectivity index (χ1) is 25.1. The summed E-state index contributed by atoms with van der Waals surface area (Å²) in [5.74, 6) is 1.34. The van der Waals surface area contributed by atoms with Crippen LogP contribution in [-0.2, 0) is 18.6 Å². The van der Waals surface area contributed by atoms with Crippen molar-refractivity contribution in [3.05, 3.63) is 197 Å². The van der Waals surface area contributed by atoms with Crippen LogP contribution in [0.3, 0.4) is 0 Å². The number of tetrazole rings is 1. The average molecular weight is 684 g/mol. The Balaban J connectivity index is 1.14. The van der Waals surface area contributed by atoms with Gasteiger partial charge < -0.3 is 4.74 Å². The second-order valence-corrected chi connectivity index (χ2v) is 12.8. The van der Waals surface area contributed by atoms with Crippen molar-refractivity contribution in [3.63, 3.8) is 0 Å². The Kier molecular flexibility index (Phi) is 8.83. The molecule has 0 saturated carbocycles. The van der Waals surface area contributed by atoms with Crippen molar-refractivity contribution >= 4 is 22.5 Å². The minimum Gasteiger partial charge on any atom is -0.488 e. The molecule has 0 aliphatic heterocycles. The van der Waals surface area contributed by atoms with Crippen LogP contribution in [0.25, 0.3) is 33.4 Å². The summed E-state index contributed by atoms with van der Waals surface area (Å²) in [6.45, 7) is 2.50. The molecular formula is C44H34ClN5O. The summed E-state index contributed by atoms with van der Waals surface area (Å²) >= 11 is 6.26. The Morgan fingerprint density at radius 1 is 0.647 bits per heavy atom. The molecule has 0 amide bonds. The van der Waals surface area contributed by atoms with Gasteiger partial charge in [-0.1, -0.05) is 158 Å². The van der Waals surface area contributed by atoms with E-state index in [1.807, 2.05) is 54.6 Å². The first kappa shape index (κ1) is 32.1. The number of rotatable bonds is 10. The normalized spacial score (nSPS) is 11.5. The van der Waals surface area contributed by atoms with Crippen molar-refractivity contribution < 1.29 is 4.74 Å². The zero-order valence-electron chi connectivity index (χ0n) is 28.0. The van der Waals surface area contributed by atoms with Crippen molar-refractivity contribution in [3.8, 4) is 28.3 Å². The smallest absolute Gasteiger partial charge is 0.205 e.